The van der Waals surface area contributed by atoms with Gasteiger partial charge in [-0.1, -0.05) is 12.1 Å². The number of fused-ring (bicyclic) bond motifs is 1. The van der Waals surface area contributed by atoms with Crippen LogP contribution < -0.4 is 14.2 Å². The van der Waals surface area contributed by atoms with Gasteiger partial charge >= 0.3 is 0 Å². The summed E-state index contributed by atoms with van der Waals surface area (Å²) in [6.45, 7) is 4.41. The number of allylic oxidation sites excluding steroid dienone is 1. The van der Waals surface area contributed by atoms with Gasteiger partial charge in [0.2, 0.25) is 0 Å². The monoisotopic (exact) mass is 555 g/mol. The summed E-state index contributed by atoms with van der Waals surface area (Å²) in [7, 11) is 3.12. The van der Waals surface area contributed by atoms with Crippen LogP contribution in [0.4, 0.5) is 4.39 Å². The van der Waals surface area contributed by atoms with Crippen LogP contribution in [0.25, 0.3) is 10.9 Å². The number of pyridine rings is 2. The molecule has 1 unspecified atom stereocenters. The molecule has 0 amide bonds. The molecule has 0 aliphatic carbocycles. The quantitative estimate of drug-likeness (QED) is 0.245. The molecule has 0 saturated heterocycles. The first-order valence-corrected chi connectivity index (χ1v) is 13.2. The van der Waals surface area contributed by atoms with Crippen LogP contribution in [0.5, 0.6) is 23.0 Å². The Bertz CT molecular complexity index is 1620. The molecule has 9 heteroatoms. The molecular formula is C32H30FN3O5. The Morgan fingerprint density at radius 1 is 1.00 bits per heavy atom. The number of carbonyl (C=O) groups excluding carboxylic acids is 2. The number of hydrogen-bond donors (Lipinski definition) is 0. The molecule has 0 spiro atoms. The fraction of sp³-hybridized carbons (Fsp3) is 0.250. The maximum Gasteiger partial charge on any atom is 0.177 e. The molecule has 3 heterocycles. The van der Waals surface area contributed by atoms with Crippen LogP contribution in [-0.2, 0) is 16.0 Å². The van der Waals surface area contributed by atoms with Crippen molar-refractivity contribution < 1.29 is 28.2 Å². The number of ether oxygens (including phenoxy) is 3. The Labute approximate surface area is 237 Å². The smallest absolute Gasteiger partial charge is 0.177 e. The summed E-state index contributed by atoms with van der Waals surface area (Å²) in [5.74, 6) is 0.616. The maximum absolute atomic E-state index is 13.5. The fourth-order valence-electron chi connectivity index (χ4n) is 4.78. The SMILES string of the molecule is COc1cc2nccc(Oc3ccc(CC(=O)C4=CN(C(C)C)CC(c5ccc(F)cc5)C4=O)nc3)c2cc1OC. The highest BCUT2D eigenvalue weighted by Crippen LogP contribution is 2.37. The van der Waals surface area contributed by atoms with E-state index in [1.807, 2.05) is 18.7 Å². The second kappa shape index (κ2) is 11.8. The average Bonchev–Trinajstić information content (AvgIpc) is 2.98. The molecule has 0 saturated carbocycles. The van der Waals surface area contributed by atoms with Crippen molar-refractivity contribution in [1.82, 2.24) is 14.9 Å². The molecule has 5 rings (SSSR count). The second-order valence-corrected chi connectivity index (χ2v) is 10.0. The topological polar surface area (TPSA) is 90.9 Å². The van der Waals surface area contributed by atoms with Gasteiger partial charge in [-0.25, -0.2) is 4.39 Å². The van der Waals surface area contributed by atoms with Crippen LogP contribution in [0.3, 0.4) is 0 Å². The molecule has 4 aromatic rings. The number of carbonyl (C=O) groups is 2. The number of aromatic nitrogens is 2. The van der Waals surface area contributed by atoms with E-state index in [1.165, 1.54) is 18.3 Å². The Kier molecular flexibility index (Phi) is 7.96. The summed E-state index contributed by atoms with van der Waals surface area (Å²) in [5, 5.41) is 0.734. The normalized spacial score (nSPS) is 15.2. The molecule has 0 fully saturated rings. The van der Waals surface area contributed by atoms with E-state index in [-0.39, 0.29) is 35.4 Å². The first kappa shape index (κ1) is 27.8. The first-order chi connectivity index (χ1) is 19.8. The number of methoxy groups -OCH3 is 2. The predicted molar refractivity (Wildman–Crippen MR) is 152 cm³/mol. The molecule has 1 atom stereocenters. The summed E-state index contributed by atoms with van der Waals surface area (Å²) in [6.07, 6.45) is 4.77. The van der Waals surface area contributed by atoms with Crippen molar-refractivity contribution in [3.63, 3.8) is 0 Å². The number of Topliss-reactive ketones (excluding diaryl/α,β-unsaturated/α-hetero) is 2. The Morgan fingerprint density at radius 2 is 1.73 bits per heavy atom. The van der Waals surface area contributed by atoms with Crippen LogP contribution in [0, 0.1) is 5.82 Å². The van der Waals surface area contributed by atoms with Crippen LogP contribution in [0.2, 0.25) is 0 Å². The summed E-state index contributed by atoms with van der Waals surface area (Å²) in [5.41, 5.74) is 1.98. The summed E-state index contributed by atoms with van der Waals surface area (Å²) in [4.78, 5) is 37.5. The predicted octanol–water partition coefficient (Wildman–Crippen LogP) is 5.65. The summed E-state index contributed by atoms with van der Waals surface area (Å²) < 4.78 is 30.4. The van der Waals surface area contributed by atoms with Crippen LogP contribution in [0.1, 0.15) is 31.0 Å². The molecule has 210 valence electrons. The van der Waals surface area contributed by atoms with Crippen molar-refractivity contribution in [2.24, 2.45) is 0 Å². The van der Waals surface area contributed by atoms with Crippen molar-refractivity contribution in [1.29, 1.82) is 0 Å². The zero-order valence-electron chi connectivity index (χ0n) is 23.3. The molecular weight excluding hydrogens is 525 g/mol. The Morgan fingerprint density at radius 3 is 2.39 bits per heavy atom. The second-order valence-electron chi connectivity index (χ2n) is 10.0. The number of benzene rings is 2. The van der Waals surface area contributed by atoms with Crippen molar-refractivity contribution in [3.8, 4) is 23.0 Å². The van der Waals surface area contributed by atoms with Gasteiger partial charge in [-0.05, 0) is 55.8 Å². The lowest BCUT2D eigenvalue weighted by Gasteiger charge is -2.34. The number of ketones is 2. The minimum Gasteiger partial charge on any atom is -0.493 e. The third kappa shape index (κ3) is 5.89. The van der Waals surface area contributed by atoms with E-state index < -0.39 is 5.92 Å². The highest BCUT2D eigenvalue weighted by atomic mass is 19.1. The van der Waals surface area contributed by atoms with E-state index in [1.54, 1.807) is 69.1 Å². The lowest BCUT2D eigenvalue weighted by Crippen LogP contribution is -2.40. The van der Waals surface area contributed by atoms with Gasteiger partial charge in [0.1, 0.15) is 17.3 Å². The molecule has 1 aliphatic rings. The highest BCUT2D eigenvalue weighted by Gasteiger charge is 2.34. The fourth-order valence-corrected chi connectivity index (χ4v) is 4.78. The van der Waals surface area contributed by atoms with Gasteiger partial charge in [-0.2, -0.15) is 0 Å². The van der Waals surface area contributed by atoms with E-state index in [4.69, 9.17) is 14.2 Å². The summed E-state index contributed by atoms with van der Waals surface area (Å²) >= 11 is 0. The average molecular weight is 556 g/mol. The molecule has 2 aromatic carbocycles. The number of nitrogens with zero attached hydrogens (tertiary/aromatic N) is 3. The van der Waals surface area contributed by atoms with Gasteiger partial charge in [-0.15, -0.1) is 0 Å². The number of halogens is 1. The summed E-state index contributed by atoms with van der Waals surface area (Å²) in [6, 6.07) is 14.7. The minimum atomic E-state index is -0.556. The lowest BCUT2D eigenvalue weighted by molar-refractivity contribution is -0.123. The standard InChI is InChI=1S/C32H30FN3O5/c1-19(2)36-17-25(20-5-7-21(33)8-6-20)32(38)26(18-36)28(37)13-22-9-10-23(16-35-22)41-29-11-12-34-27-15-31(40-4)30(39-3)14-24(27)29/h5-12,14-16,18-19,25H,13,17H2,1-4H3. The third-order valence-electron chi connectivity index (χ3n) is 7.08. The van der Waals surface area contributed by atoms with Crippen molar-refractivity contribution in [2.45, 2.75) is 32.2 Å². The Hall–Kier alpha value is -4.79. The van der Waals surface area contributed by atoms with Gasteiger partial charge in [0.25, 0.3) is 0 Å². The van der Waals surface area contributed by atoms with E-state index in [2.05, 4.69) is 9.97 Å². The molecule has 1 aliphatic heterocycles. The lowest BCUT2D eigenvalue weighted by atomic mass is 9.85. The molecule has 0 bridgehead atoms. The largest absolute Gasteiger partial charge is 0.493 e. The number of rotatable bonds is 9. The van der Waals surface area contributed by atoms with Crippen LogP contribution >= 0.6 is 0 Å². The van der Waals surface area contributed by atoms with Gasteiger partial charge < -0.3 is 19.1 Å². The van der Waals surface area contributed by atoms with Crippen LogP contribution in [-0.4, -0.2) is 53.2 Å². The van der Waals surface area contributed by atoms with Gasteiger partial charge in [0, 0.05) is 42.1 Å². The molecule has 8 nitrogen and oxygen atoms in total. The molecule has 0 radical (unpaired) electrons. The molecule has 41 heavy (non-hydrogen) atoms. The maximum atomic E-state index is 13.5. The van der Waals surface area contributed by atoms with E-state index >= 15 is 0 Å². The van der Waals surface area contributed by atoms with Crippen LogP contribution in [0.15, 0.2) is 78.8 Å². The first-order valence-electron chi connectivity index (χ1n) is 13.2. The molecule has 0 N–H and O–H groups in total. The van der Waals surface area contributed by atoms with Crippen molar-refractivity contribution >= 4 is 22.5 Å². The van der Waals surface area contributed by atoms with Gasteiger partial charge in [0.15, 0.2) is 23.1 Å². The van der Waals surface area contributed by atoms with Crippen molar-refractivity contribution in [3.05, 3.63) is 95.8 Å². The van der Waals surface area contributed by atoms with Gasteiger partial charge in [-0.3, -0.25) is 19.6 Å². The Balaban J connectivity index is 1.33. The third-order valence-corrected chi connectivity index (χ3v) is 7.08. The minimum absolute atomic E-state index is 0.0465. The van der Waals surface area contributed by atoms with E-state index in [9.17, 15) is 14.0 Å². The zero-order valence-corrected chi connectivity index (χ0v) is 23.3. The van der Waals surface area contributed by atoms with Gasteiger partial charge in [0.05, 0.1) is 43.8 Å². The van der Waals surface area contributed by atoms with Crippen molar-refractivity contribution in [2.75, 3.05) is 20.8 Å². The number of hydrogen-bond acceptors (Lipinski definition) is 8. The van der Waals surface area contributed by atoms with E-state index in [0.717, 1.165) is 5.39 Å². The zero-order chi connectivity index (χ0) is 29.1. The molecule has 2 aromatic heterocycles. The highest BCUT2D eigenvalue weighted by molar-refractivity contribution is 6.22. The van der Waals surface area contributed by atoms with E-state index in [0.29, 0.717) is 46.3 Å².